The summed E-state index contributed by atoms with van der Waals surface area (Å²) in [6.45, 7) is 2.24. The highest BCUT2D eigenvalue weighted by Crippen LogP contribution is 2.40. The van der Waals surface area contributed by atoms with Gasteiger partial charge in [-0.05, 0) is 74.2 Å². The molecule has 3 aromatic rings. The zero-order valence-electron chi connectivity index (χ0n) is 18.2. The van der Waals surface area contributed by atoms with Crippen molar-refractivity contribution in [1.29, 1.82) is 0 Å². The van der Waals surface area contributed by atoms with Gasteiger partial charge in [-0.25, -0.2) is 4.79 Å². The van der Waals surface area contributed by atoms with Gasteiger partial charge in [0.1, 0.15) is 16.9 Å². The monoisotopic (exact) mass is 460 g/mol. The SMILES string of the molecule is C[Si](O)(CCCOc1ccc(C(=O)c2cc3ccccc3oc2=O)cc1)OS(C)(C)C. The van der Waals surface area contributed by atoms with Crippen molar-refractivity contribution in [2.24, 2.45) is 0 Å². The van der Waals surface area contributed by atoms with Crippen molar-refractivity contribution >= 4 is 35.6 Å². The lowest BCUT2D eigenvalue weighted by Gasteiger charge is -2.33. The number of hydrogen-bond acceptors (Lipinski definition) is 6. The molecule has 1 heterocycles. The average Bonchev–Trinajstić information content (AvgIpc) is 2.69. The molecule has 0 aliphatic rings. The van der Waals surface area contributed by atoms with Gasteiger partial charge in [0, 0.05) is 10.9 Å². The molecule has 0 fully saturated rings. The van der Waals surface area contributed by atoms with Crippen LogP contribution in [0.25, 0.3) is 11.0 Å². The van der Waals surface area contributed by atoms with E-state index in [0.29, 0.717) is 41.4 Å². The highest BCUT2D eigenvalue weighted by molar-refractivity contribution is 8.28. The normalized spacial score (nSPS) is 14.2. The molecule has 0 saturated heterocycles. The number of benzene rings is 2. The molecule has 0 aliphatic carbocycles. The van der Waals surface area contributed by atoms with Crippen LogP contribution in [0, 0.1) is 0 Å². The van der Waals surface area contributed by atoms with Crippen LogP contribution in [-0.2, 0) is 3.87 Å². The largest absolute Gasteiger partial charge is 0.494 e. The van der Waals surface area contributed by atoms with Crippen molar-refractivity contribution in [3.8, 4) is 5.75 Å². The van der Waals surface area contributed by atoms with Gasteiger partial charge in [0.25, 0.3) is 0 Å². The Morgan fingerprint density at radius 1 is 1.10 bits per heavy atom. The summed E-state index contributed by atoms with van der Waals surface area (Å²) in [5.74, 6) is 0.223. The Bertz CT molecular complexity index is 1120. The van der Waals surface area contributed by atoms with Crippen LogP contribution < -0.4 is 10.4 Å². The predicted molar refractivity (Wildman–Crippen MR) is 128 cm³/mol. The number of carbonyl (C=O) groups is 1. The first kappa shape index (κ1) is 23.3. The van der Waals surface area contributed by atoms with E-state index >= 15 is 0 Å². The first-order valence-corrected chi connectivity index (χ1v) is 15.3. The van der Waals surface area contributed by atoms with Crippen molar-refractivity contribution in [2.75, 3.05) is 25.4 Å². The Morgan fingerprint density at radius 3 is 2.45 bits per heavy atom. The third-order valence-corrected chi connectivity index (χ3v) is 9.20. The molecule has 6 nitrogen and oxygen atoms in total. The van der Waals surface area contributed by atoms with Gasteiger partial charge in [-0.2, -0.15) is 10.3 Å². The molecule has 1 N–H and O–H groups in total. The number of ketones is 1. The van der Waals surface area contributed by atoms with Gasteiger partial charge in [0.05, 0.1) is 6.61 Å². The Morgan fingerprint density at radius 2 is 1.77 bits per heavy atom. The molecular weight excluding hydrogens is 432 g/mol. The number of ether oxygens (including phenoxy) is 1. The molecular formula is C23H28O6SSi. The van der Waals surface area contributed by atoms with Gasteiger partial charge < -0.3 is 17.8 Å². The number of rotatable bonds is 9. The maximum atomic E-state index is 12.8. The lowest BCUT2D eigenvalue weighted by atomic mass is 10.0. The zero-order valence-corrected chi connectivity index (χ0v) is 20.0. The van der Waals surface area contributed by atoms with Crippen LogP contribution in [0.2, 0.25) is 12.6 Å². The molecule has 1 aromatic heterocycles. The predicted octanol–water partition coefficient (Wildman–Crippen LogP) is 4.48. The van der Waals surface area contributed by atoms with Crippen molar-refractivity contribution in [2.45, 2.75) is 19.0 Å². The van der Waals surface area contributed by atoms with E-state index in [9.17, 15) is 14.4 Å². The zero-order chi connectivity index (χ0) is 22.6. The van der Waals surface area contributed by atoms with Gasteiger partial charge in [-0.3, -0.25) is 4.79 Å². The summed E-state index contributed by atoms with van der Waals surface area (Å²) in [6, 6.07) is 15.9. The first-order valence-electron chi connectivity index (χ1n) is 9.96. The number of fused-ring (bicyclic) bond motifs is 1. The van der Waals surface area contributed by atoms with Crippen molar-refractivity contribution in [3.63, 3.8) is 0 Å². The second kappa shape index (κ2) is 9.40. The average molecular weight is 461 g/mol. The van der Waals surface area contributed by atoms with Crippen molar-refractivity contribution in [1.82, 2.24) is 0 Å². The second-order valence-corrected chi connectivity index (χ2v) is 15.2. The van der Waals surface area contributed by atoms with E-state index < -0.39 is 30.3 Å². The van der Waals surface area contributed by atoms with Gasteiger partial charge >= 0.3 is 14.2 Å². The minimum atomic E-state index is -2.69. The van der Waals surface area contributed by atoms with Gasteiger partial charge in [-0.15, -0.1) is 0 Å². The van der Waals surface area contributed by atoms with E-state index in [4.69, 9.17) is 13.0 Å². The molecule has 8 heteroatoms. The fraction of sp³-hybridized carbons (Fsp3) is 0.304. The Hall–Kier alpha value is -2.39. The quantitative estimate of drug-likeness (QED) is 0.219. The molecule has 31 heavy (non-hydrogen) atoms. The van der Waals surface area contributed by atoms with E-state index in [-0.39, 0.29) is 5.56 Å². The lowest BCUT2D eigenvalue weighted by molar-refractivity contribution is 0.103. The van der Waals surface area contributed by atoms with E-state index in [1.165, 1.54) is 0 Å². The van der Waals surface area contributed by atoms with Crippen LogP contribution in [0.1, 0.15) is 22.3 Å². The van der Waals surface area contributed by atoms with Gasteiger partial charge in [0.15, 0.2) is 5.78 Å². The molecule has 0 amide bonds. The molecule has 0 spiro atoms. The second-order valence-electron chi connectivity index (χ2n) is 8.27. The maximum Gasteiger partial charge on any atom is 0.347 e. The molecule has 0 bridgehead atoms. The third kappa shape index (κ3) is 6.54. The van der Waals surface area contributed by atoms with Crippen LogP contribution in [0.4, 0.5) is 0 Å². The summed E-state index contributed by atoms with van der Waals surface area (Å²) in [4.78, 5) is 35.4. The van der Waals surface area contributed by atoms with Crippen LogP contribution >= 0.6 is 10.3 Å². The molecule has 166 valence electrons. The Kier molecular flexibility index (Phi) is 7.05. The number of hydrogen-bond donors (Lipinski definition) is 1. The summed E-state index contributed by atoms with van der Waals surface area (Å²) in [7, 11) is -3.90. The van der Waals surface area contributed by atoms with Gasteiger partial charge in [0.2, 0.25) is 0 Å². The minimum Gasteiger partial charge on any atom is -0.494 e. The standard InChI is InChI=1S/C23H28O6SSi/c1-30(2,3)29-31(4,26)15-7-14-27-19-12-10-17(11-13-19)22(24)20-16-18-8-5-6-9-21(18)28-23(20)25/h5-6,8-13,16,26H,7,14-15H2,1-4H3. The molecule has 3 rings (SSSR count). The van der Waals surface area contributed by atoms with Gasteiger partial charge in [-0.1, -0.05) is 18.2 Å². The summed E-state index contributed by atoms with van der Waals surface area (Å²) < 4.78 is 16.8. The molecule has 1 unspecified atom stereocenters. The van der Waals surface area contributed by atoms with E-state index in [1.807, 2.05) is 24.8 Å². The topological polar surface area (TPSA) is 86.0 Å². The van der Waals surface area contributed by atoms with Crippen LogP contribution in [0.3, 0.4) is 0 Å². The minimum absolute atomic E-state index is 0.000497. The van der Waals surface area contributed by atoms with E-state index in [2.05, 4.69) is 0 Å². The fourth-order valence-corrected chi connectivity index (χ4v) is 8.69. The number of para-hydroxylation sites is 1. The van der Waals surface area contributed by atoms with Crippen LogP contribution in [0.15, 0.2) is 63.8 Å². The molecule has 2 aromatic carbocycles. The lowest BCUT2D eigenvalue weighted by Crippen LogP contribution is -2.35. The summed E-state index contributed by atoms with van der Waals surface area (Å²) in [6.07, 6.45) is 6.70. The van der Waals surface area contributed by atoms with Crippen molar-refractivity contribution < 1.29 is 22.6 Å². The molecule has 0 saturated carbocycles. The number of carbonyl (C=O) groups excluding carboxylic acids is 1. The van der Waals surface area contributed by atoms with Crippen LogP contribution in [0.5, 0.6) is 5.75 Å². The van der Waals surface area contributed by atoms with Crippen LogP contribution in [-0.4, -0.2) is 44.5 Å². The summed E-state index contributed by atoms with van der Waals surface area (Å²) >= 11 is 0. The fourth-order valence-electron chi connectivity index (χ4n) is 3.25. The highest BCUT2D eigenvalue weighted by atomic mass is 32.3. The molecule has 1 atom stereocenters. The third-order valence-electron chi connectivity index (χ3n) is 4.49. The Balaban J connectivity index is 1.60. The first-order chi connectivity index (χ1) is 14.5. The Labute approximate surface area is 184 Å². The summed E-state index contributed by atoms with van der Waals surface area (Å²) in [5, 5.41) is 0.696. The molecule has 0 radical (unpaired) electrons. The van der Waals surface area contributed by atoms with E-state index in [1.54, 1.807) is 55.1 Å². The summed E-state index contributed by atoms with van der Waals surface area (Å²) in [5.41, 5.74) is 0.177. The maximum absolute atomic E-state index is 12.8. The molecule has 0 aliphatic heterocycles. The van der Waals surface area contributed by atoms with Crippen molar-refractivity contribution in [3.05, 3.63) is 76.1 Å². The van der Waals surface area contributed by atoms with E-state index in [0.717, 1.165) is 0 Å². The smallest absolute Gasteiger partial charge is 0.347 e. The highest BCUT2D eigenvalue weighted by Gasteiger charge is 2.30.